The third-order valence-electron chi connectivity index (χ3n) is 2.54. The van der Waals surface area contributed by atoms with Crippen molar-refractivity contribution in [2.75, 3.05) is 17.8 Å². The smallest absolute Gasteiger partial charge is 0.303 e. The van der Waals surface area contributed by atoms with Gasteiger partial charge >= 0.3 is 5.97 Å². The fourth-order valence-electron chi connectivity index (χ4n) is 1.99. The summed E-state index contributed by atoms with van der Waals surface area (Å²) in [7, 11) is 0. The van der Waals surface area contributed by atoms with Crippen LogP contribution < -0.4 is 0 Å². The number of ether oxygens (including phenoxy) is 2. The molecule has 2 heterocycles. The molecule has 0 radical (unpaired) electrons. The Bertz CT molecular complexity index is 234. The van der Waals surface area contributed by atoms with E-state index >= 15 is 0 Å². The van der Waals surface area contributed by atoms with Gasteiger partial charge in [0.2, 0.25) is 0 Å². The minimum atomic E-state index is -0.199. The maximum atomic E-state index is 11.0. The average molecular weight is 234 g/mol. The fraction of sp³-hybridized carbons (Fsp3) is 0.889. The zero-order chi connectivity index (χ0) is 10.1. The lowest BCUT2D eigenvalue weighted by atomic mass is 10.1. The number of carbonyl (C=O) groups excluding carboxylic acids is 1. The third kappa shape index (κ3) is 1.90. The van der Waals surface area contributed by atoms with Crippen molar-refractivity contribution in [2.45, 2.75) is 30.5 Å². The van der Waals surface area contributed by atoms with Gasteiger partial charge < -0.3 is 9.47 Å². The molecule has 2 bridgehead atoms. The lowest BCUT2D eigenvalue weighted by molar-refractivity contribution is -0.148. The highest BCUT2D eigenvalue weighted by Gasteiger charge is 2.48. The SMILES string of the molecule is CS[C@H]1[C@H](OC(C)=O)[C@@H]2CSC[C@H]1O2. The molecular formula is C9H14O3S2. The lowest BCUT2D eigenvalue weighted by Crippen LogP contribution is -2.34. The maximum absolute atomic E-state index is 11.0. The first-order valence-corrected chi connectivity index (χ1v) is 7.10. The zero-order valence-electron chi connectivity index (χ0n) is 8.26. The van der Waals surface area contributed by atoms with Crippen LogP contribution in [0.2, 0.25) is 0 Å². The van der Waals surface area contributed by atoms with Crippen LogP contribution >= 0.6 is 23.5 Å². The molecule has 2 aliphatic heterocycles. The van der Waals surface area contributed by atoms with Gasteiger partial charge in [0.1, 0.15) is 12.2 Å². The van der Waals surface area contributed by atoms with E-state index in [0.29, 0.717) is 5.25 Å². The van der Waals surface area contributed by atoms with Gasteiger partial charge in [-0.2, -0.15) is 23.5 Å². The molecule has 0 N–H and O–H groups in total. The van der Waals surface area contributed by atoms with Crippen LogP contribution in [0, 0.1) is 0 Å². The quantitative estimate of drug-likeness (QED) is 0.670. The number of carbonyl (C=O) groups is 1. The van der Waals surface area contributed by atoms with Crippen molar-refractivity contribution in [2.24, 2.45) is 0 Å². The summed E-state index contributed by atoms with van der Waals surface area (Å²) >= 11 is 3.64. The number of rotatable bonds is 2. The van der Waals surface area contributed by atoms with Gasteiger partial charge in [0.25, 0.3) is 0 Å². The number of hydrogen-bond donors (Lipinski definition) is 0. The second-order valence-electron chi connectivity index (χ2n) is 3.52. The molecule has 0 aromatic heterocycles. The first-order chi connectivity index (χ1) is 6.72. The second-order valence-corrected chi connectivity index (χ2v) is 5.62. The maximum Gasteiger partial charge on any atom is 0.303 e. The van der Waals surface area contributed by atoms with Crippen molar-refractivity contribution in [1.82, 2.24) is 0 Å². The molecule has 80 valence electrons. The van der Waals surface area contributed by atoms with Gasteiger partial charge in [-0.3, -0.25) is 4.79 Å². The van der Waals surface area contributed by atoms with Crippen LogP contribution in [0.25, 0.3) is 0 Å². The standard InChI is InChI=1S/C9H14O3S2/c1-5(10)11-8-6-3-14-4-7(12-6)9(8)13-2/h6-9H,3-4H2,1-2H3/t6-,7+,8+,9+/m0/s1. The molecule has 0 saturated carbocycles. The monoisotopic (exact) mass is 234 g/mol. The predicted octanol–water partition coefficient (Wildman–Crippen LogP) is 1.16. The Labute approximate surface area is 92.3 Å². The molecule has 2 aliphatic rings. The third-order valence-corrected chi connectivity index (χ3v) is 4.79. The van der Waals surface area contributed by atoms with Crippen molar-refractivity contribution in [3.8, 4) is 0 Å². The number of hydrogen-bond acceptors (Lipinski definition) is 5. The van der Waals surface area contributed by atoms with E-state index in [1.54, 1.807) is 11.8 Å². The molecule has 0 amide bonds. The van der Waals surface area contributed by atoms with Crippen LogP contribution in [0.4, 0.5) is 0 Å². The Hall–Kier alpha value is 0.130. The molecule has 0 aliphatic carbocycles. The summed E-state index contributed by atoms with van der Waals surface area (Å²) in [4.78, 5) is 11.0. The molecule has 2 fully saturated rings. The number of fused-ring (bicyclic) bond motifs is 2. The van der Waals surface area contributed by atoms with E-state index in [9.17, 15) is 4.79 Å². The topological polar surface area (TPSA) is 35.5 Å². The summed E-state index contributed by atoms with van der Waals surface area (Å²) < 4.78 is 11.1. The second kappa shape index (κ2) is 4.33. The van der Waals surface area contributed by atoms with E-state index in [4.69, 9.17) is 9.47 Å². The molecule has 2 rings (SSSR count). The van der Waals surface area contributed by atoms with Gasteiger partial charge in [0.15, 0.2) is 0 Å². The van der Waals surface area contributed by atoms with Crippen molar-refractivity contribution >= 4 is 29.5 Å². The van der Waals surface area contributed by atoms with E-state index < -0.39 is 0 Å². The van der Waals surface area contributed by atoms with E-state index in [1.165, 1.54) is 6.92 Å². The number of esters is 1. The van der Waals surface area contributed by atoms with Crippen molar-refractivity contribution < 1.29 is 14.3 Å². The molecule has 14 heavy (non-hydrogen) atoms. The van der Waals surface area contributed by atoms with E-state index in [-0.39, 0.29) is 24.3 Å². The molecule has 5 heteroatoms. The highest BCUT2D eigenvalue weighted by Crippen LogP contribution is 2.38. The molecule has 2 saturated heterocycles. The van der Waals surface area contributed by atoms with E-state index in [2.05, 4.69) is 6.26 Å². The van der Waals surface area contributed by atoms with E-state index in [0.717, 1.165) is 11.5 Å². The van der Waals surface area contributed by atoms with Gasteiger partial charge in [-0.05, 0) is 6.26 Å². The average Bonchev–Trinajstić information content (AvgIpc) is 2.38. The molecule has 4 atom stereocenters. The summed E-state index contributed by atoms with van der Waals surface area (Å²) in [5, 5.41) is 0.318. The summed E-state index contributed by atoms with van der Waals surface area (Å²) in [6.07, 6.45) is 2.39. The summed E-state index contributed by atoms with van der Waals surface area (Å²) in [5.74, 6) is 1.78. The molecule has 0 aromatic carbocycles. The van der Waals surface area contributed by atoms with Gasteiger partial charge in [-0.25, -0.2) is 0 Å². The van der Waals surface area contributed by atoms with Gasteiger partial charge in [0.05, 0.1) is 11.4 Å². The van der Waals surface area contributed by atoms with E-state index in [1.807, 2.05) is 11.8 Å². The van der Waals surface area contributed by atoms with Crippen LogP contribution in [-0.4, -0.2) is 47.3 Å². The molecule has 0 spiro atoms. The summed E-state index contributed by atoms with van der Waals surface area (Å²) in [6.45, 7) is 1.47. The van der Waals surface area contributed by atoms with Crippen LogP contribution in [0.3, 0.4) is 0 Å². The molecule has 0 unspecified atom stereocenters. The molecular weight excluding hydrogens is 220 g/mol. The minimum absolute atomic E-state index is 0.0394. The Morgan fingerprint density at radius 1 is 1.50 bits per heavy atom. The first kappa shape index (κ1) is 10.6. The van der Waals surface area contributed by atoms with Crippen molar-refractivity contribution in [3.63, 3.8) is 0 Å². The lowest BCUT2D eigenvalue weighted by Gasteiger charge is -2.20. The van der Waals surface area contributed by atoms with Crippen LogP contribution in [0.1, 0.15) is 6.92 Å². The van der Waals surface area contributed by atoms with Crippen LogP contribution in [-0.2, 0) is 14.3 Å². The van der Waals surface area contributed by atoms with Crippen molar-refractivity contribution in [3.05, 3.63) is 0 Å². The largest absolute Gasteiger partial charge is 0.458 e. The van der Waals surface area contributed by atoms with Gasteiger partial charge in [-0.1, -0.05) is 0 Å². The fourth-order valence-corrected chi connectivity index (χ4v) is 4.23. The predicted molar refractivity (Wildman–Crippen MR) is 58.8 cm³/mol. The highest BCUT2D eigenvalue weighted by molar-refractivity contribution is 8.00. The van der Waals surface area contributed by atoms with Crippen LogP contribution in [0.5, 0.6) is 0 Å². The zero-order valence-corrected chi connectivity index (χ0v) is 9.90. The van der Waals surface area contributed by atoms with Crippen LogP contribution in [0.15, 0.2) is 0 Å². The summed E-state index contributed by atoms with van der Waals surface area (Å²) in [5.41, 5.74) is 0. The van der Waals surface area contributed by atoms with Gasteiger partial charge in [-0.15, -0.1) is 0 Å². The van der Waals surface area contributed by atoms with Crippen molar-refractivity contribution in [1.29, 1.82) is 0 Å². The Morgan fingerprint density at radius 3 is 2.86 bits per heavy atom. The molecule has 0 aromatic rings. The Kier molecular flexibility index (Phi) is 3.29. The Balaban J connectivity index is 2.08. The molecule has 3 nitrogen and oxygen atoms in total. The highest BCUT2D eigenvalue weighted by atomic mass is 32.2. The van der Waals surface area contributed by atoms with Gasteiger partial charge in [0, 0.05) is 18.4 Å². The first-order valence-electron chi connectivity index (χ1n) is 4.65. The summed E-state index contributed by atoms with van der Waals surface area (Å²) in [6, 6.07) is 0. The number of thioether (sulfide) groups is 2. The Morgan fingerprint density at radius 2 is 2.21 bits per heavy atom. The normalized spacial score (nSPS) is 41.0. The minimum Gasteiger partial charge on any atom is -0.458 e.